The molecule has 0 spiro atoms. The van der Waals surface area contributed by atoms with E-state index >= 15 is 0 Å². The zero-order valence-corrected chi connectivity index (χ0v) is 21.3. The second-order valence-corrected chi connectivity index (χ2v) is 9.49. The van der Waals surface area contributed by atoms with E-state index in [-0.39, 0.29) is 33.3 Å². The summed E-state index contributed by atoms with van der Waals surface area (Å²) < 4.78 is 75.0. The fourth-order valence-corrected chi connectivity index (χ4v) is 4.53. The molecule has 0 bridgehead atoms. The number of nitrogens with one attached hydrogen (secondary N) is 1. The van der Waals surface area contributed by atoms with Gasteiger partial charge in [-0.05, 0) is 48.5 Å². The van der Waals surface area contributed by atoms with Gasteiger partial charge in [-0.3, -0.25) is 9.59 Å². The second kappa shape index (κ2) is 10.2. The van der Waals surface area contributed by atoms with Crippen LogP contribution in [0.3, 0.4) is 0 Å². The topological polar surface area (TPSA) is 78.9 Å². The Kier molecular flexibility index (Phi) is 7.39. The SMILES string of the molecule is BC1(O)c2cc(Cl)ccc2N(C(=O)c2ccc(NC(=O)c3ccccc3C(F)(F)F)c(OC)c2)CCC1(F)F. The van der Waals surface area contributed by atoms with Gasteiger partial charge < -0.3 is 20.1 Å². The number of hydrogen-bond donors (Lipinski definition) is 2. The fourth-order valence-electron chi connectivity index (χ4n) is 4.36. The third kappa shape index (κ3) is 5.31. The van der Waals surface area contributed by atoms with Crippen molar-refractivity contribution in [1.29, 1.82) is 0 Å². The molecule has 0 aromatic heterocycles. The summed E-state index contributed by atoms with van der Waals surface area (Å²) >= 11 is 6.00. The summed E-state index contributed by atoms with van der Waals surface area (Å²) in [5.74, 6) is -5.41. The van der Waals surface area contributed by atoms with Gasteiger partial charge in [-0.15, -0.1) is 0 Å². The first-order valence-electron chi connectivity index (χ1n) is 11.5. The lowest BCUT2D eigenvalue weighted by Gasteiger charge is -2.32. The van der Waals surface area contributed by atoms with E-state index in [0.29, 0.717) is 0 Å². The average Bonchev–Trinajstić information content (AvgIpc) is 2.95. The number of fused-ring (bicyclic) bond motifs is 1. The summed E-state index contributed by atoms with van der Waals surface area (Å²) in [4.78, 5) is 27.3. The van der Waals surface area contributed by atoms with Crippen LogP contribution in [0.2, 0.25) is 5.02 Å². The van der Waals surface area contributed by atoms with Crippen LogP contribution in [-0.4, -0.2) is 44.3 Å². The average molecular weight is 567 g/mol. The molecule has 0 saturated carbocycles. The molecule has 204 valence electrons. The van der Waals surface area contributed by atoms with Gasteiger partial charge >= 0.3 is 6.18 Å². The number of amides is 2. The number of aliphatic hydroxyl groups is 1. The van der Waals surface area contributed by atoms with Gasteiger partial charge in [0.2, 0.25) is 0 Å². The number of anilines is 2. The van der Waals surface area contributed by atoms with Gasteiger partial charge in [0, 0.05) is 34.8 Å². The fraction of sp³-hybridized carbons (Fsp3) is 0.231. The van der Waals surface area contributed by atoms with Crippen LogP contribution in [0.1, 0.15) is 38.3 Å². The highest BCUT2D eigenvalue weighted by atomic mass is 35.5. The Morgan fingerprint density at radius 2 is 1.79 bits per heavy atom. The molecule has 0 saturated heterocycles. The number of methoxy groups -OCH3 is 1. The highest BCUT2D eigenvalue weighted by Gasteiger charge is 2.53. The molecule has 1 atom stereocenters. The van der Waals surface area contributed by atoms with Gasteiger partial charge in [0.15, 0.2) is 7.85 Å². The van der Waals surface area contributed by atoms with Crippen LogP contribution in [0, 0.1) is 0 Å². The van der Waals surface area contributed by atoms with E-state index in [1.165, 1.54) is 49.6 Å². The van der Waals surface area contributed by atoms with Crippen molar-refractivity contribution in [3.63, 3.8) is 0 Å². The molecule has 0 radical (unpaired) electrons. The molecule has 1 aliphatic heterocycles. The minimum Gasteiger partial charge on any atom is -0.495 e. The van der Waals surface area contributed by atoms with Crippen molar-refractivity contribution in [3.8, 4) is 5.75 Å². The van der Waals surface area contributed by atoms with Crippen molar-refractivity contribution >= 4 is 42.6 Å². The predicted molar refractivity (Wildman–Crippen MR) is 138 cm³/mol. The summed E-state index contributed by atoms with van der Waals surface area (Å²) in [6.07, 6.45) is -5.61. The first-order chi connectivity index (χ1) is 18.2. The maximum atomic E-state index is 14.9. The van der Waals surface area contributed by atoms with Crippen LogP contribution in [0.4, 0.5) is 33.3 Å². The van der Waals surface area contributed by atoms with Crippen molar-refractivity contribution in [2.75, 3.05) is 23.9 Å². The summed E-state index contributed by atoms with van der Waals surface area (Å²) in [5.41, 5.74) is -4.58. The Labute approximate surface area is 225 Å². The number of benzene rings is 3. The van der Waals surface area contributed by atoms with Gasteiger partial charge in [0.1, 0.15) is 11.2 Å². The van der Waals surface area contributed by atoms with E-state index in [4.69, 9.17) is 16.3 Å². The number of rotatable bonds is 4. The smallest absolute Gasteiger partial charge is 0.417 e. The van der Waals surface area contributed by atoms with Crippen LogP contribution < -0.4 is 15.0 Å². The lowest BCUT2D eigenvalue weighted by molar-refractivity contribution is -0.140. The van der Waals surface area contributed by atoms with Crippen LogP contribution in [0.25, 0.3) is 0 Å². The normalized spacial score (nSPS) is 18.6. The summed E-state index contributed by atoms with van der Waals surface area (Å²) in [6.45, 7) is -0.439. The highest BCUT2D eigenvalue weighted by molar-refractivity contribution is 6.31. The summed E-state index contributed by atoms with van der Waals surface area (Å²) in [7, 11) is 2.18. The second-order valence-electron chi connectivity index (χ2n) is 9.06. The Morgan fingerprint density at radius 3 is 2.46 bits per heavy atom. The van der Waals surface area contributed by atoms with E-state index in [2.05, 4.69) is 5.32 Å². The van der Waals surface area contributed by atoms with Crippen molar-refractivity contribution in [1.82, 2.24) is 0 Å². The van der Waals surface area contributed by atoms with Crippen LogP contribution in [0.15, 0.2) is 60.7 Å². The third-order valence-electron chi connectivity index (χ3n) is 6.55. The molecular weight excluding hydrogens is 546 g/mol. The van der Waals surface area contributed by atoms with E-state index < -0.39 is 53.5 Å². The standard InChI is InChI=1S/C26H21BClF5N2O4/c1-39-21-12-14(6-8-19(21)34-22(36)16-4-2-3-5-17(16)26(31,32)33)23(37)35-11-10-24(29,30)25(27,38)18-13-15(28)7-9-20(18)35/h2-9,12-13,38H,10-11,27H2,1H3,(H,34,36). The minimum atomic E-state index is -4.76. The molecule has 0 aliphatic carbocycles. The lowest BCUT2D eigenvalue weighted by Crippen LogP contribution is -2.45. The molecular formula is C26H21BClF5N2O4. The molecule has 3 aromatic carbocycles. The predicted octanol–water partition coefficient (Wildman–Crippen LogP) is 5.08. The Bertz CT molecular complexity index is 1450. The summed E-state index contributed by atoms with van der Waals surface area (Å²) in [6, 6.07) is 11.9. The number of alkyl halides is 5. The van der Waals surface area contributed by atoms with E-state index in [0.717, 1.165) is 30.9 Å². The van der Waals surface area contributed by atoms with E-state index in [1.807, 2.05) is 0 Å². The maximum Gasteiger partial charge on any atom is 0.417 e. The van der Waals surface area contributed by atoms with Gasteiger partial charge in [-0.1, -0.05) is 23.7 Å². The van der Waals surface area contributed by atoms with Crippen molar-refractivity contribution in [2.45, 2.75) is 24.0 Å². The molecule has 3 aromatic rings. The lowest BCUT2D eigenvalue weighted by atomic mass is 9.70. The van der Waals surface area contributed by atoms with Crippen LogP contribution >= 0.6 is 11.6 Å². The van der Waals surface area contributed by atoms with Crippen molar-refractivity contribution in [3.05, 3.63) is 87.9 Å². The number of halogens is 6. The van der Waals surface area contributed by atoms with Gasteiger partial charge in [-0.2, -0.15) is 13.2 Å². The zero-order valence-electron chi connectivity index (χ0n) is 20.6. The molecule has 4 rings (SSSR count). The molecule has 0 fully saturated rings. The monoisotopic (exact) mass is 566 g/mol. The number of carbonyl (C=O) groups excluding carboxylic acids is 2. The molecule has 39 heavy (non-hydrogen) atoms. The number of hydrogen-bond acceptors (Lipinski definition) is 4. The van der Waals surface area contributed by atoms with Crippen LogP contribution in [0.5, 0.6) is 5.75 Å². The van der Waals surface area contributed by atoms with Gasteiger partial charge in [0.25, 0.3) is 17.7 Å². The Morgan fingerprint density at radius 1 is 1.10 bits per heavy atom. The Hall–Kier alpha value is -3.64. The molecule has 1 heterocycles. The molecule has 1 unspecified atom stereocenters. The number of nitrogens with zero attached hydrogens (tertiary/aromatic N) is 1. The van der Waals surface area contributed by atoms with Gasteiger partial charge in [0.05, 0.1) is 23.9 Å². The zero-order chi connectivity index (χ0) is 28.8. The van der Waals surface area contributed by atoms with Gasteiger partial charge in [-0.25, -0.2) is 8.78 Å². The maximum absolute atomic E-state index is 14.9. The minimum absolute atomic E-state index is 0.0199. The largest absolute Gasteiger partial charge is 0.495 e. The van der Waals surface area contributed by atoms with E-state index in [9.17, 15) is 36.6 Å². The number of ether oxygens (including phenoxy) is 1. The quantitative estimate of drug-likeness (QED) is 0.341. The highest BCUT2D eigenvalue weighted by Crippen LogP contribution is 2.46. The van der Waals surface area contributed by atoms with Crippen molar-refractivity contribution in [2.24, 2.45) is 0 Å². The molecule has 13 heteroatoms. The first-order valence-corrected chi connectivity index (χ1v) is 11.9. The summed E-state index contributed by atoms with van der Waals surface area (Å²) in [5, 5.41) is 13.2. The van der Waals surface area contributed by atoms with E-state index in [1.54, 1.807) is 0 Å². The third-order valence-corrected chi connectivity index (χ3v) is 6.79. The molecule has 6 nitrogen and oxygen atoms in total. The molecule has 1 aliphatic rings. The first kappa shape index (κ1) is 28.4. The number of carbonyl (C=O) groups is 2. The Balaban J connectivity index is 1.68. The molecule has 2 amide bonds. The molecule has 2 N–H and O–H groups in total. The van der Waals surface area contributed by atoms with Crippen LogP contribution in [-0.2, 0) is 11.7 Å². The van der Waals surface area contributed by atoms with Crippen molar-refractivity contribution < 1.29 is 41.4 Å².